The van der Waals surface area contributed by atoms with Crippen LogP contribution in [-0.2, 0) is 10.0 Å². The maximum Gasteiger partial charge on any atom is 0.262 e. The number of carbonyl (C=O) groups excluding carboxylic acids is 1. The first-order chi connectivity index (χ1) is 10.2. The van der Waals surface area contributed by atoms with Crippen molar-refractivity contribution in [1.82, 2.24) is 0 Å². The van der Waals surface area contributed by atoms with Crippen LogP contribution in [0.5, 0.6) is 0 Å². The highest BCUT2D eigenvalue weighted by Crippen LogP contribution is 2.22. The average molecular weight is 318 g/mol. The molecule has 6 heteroatoms. The van der Waals surface area contributed by atoms with Gasteiger partial charge in [-0.3, -0.25) is 4.72 Å². The quantitative estimate of drug-likeness (QED) is 0.931. The predicted molar refractivity (Wildman–Crippen MR) is 82.2 cm³/mol. The lowest BCUT2D eigenvalue weighted by molar-refractivity contribution is -0.255. The fraction of sp³-hybridized carbons (Fsp3) is 0.188. The summed E-state index contributed by atoms with van der Waals surface area (Å²) in [6.07, 6.45) is 0. The van der Waals surface area contributed by atoms with Crippen molar-refractivity contribution in [3.63, 3.8) is 0 Å². The number of carbonyl (C=O) groups is 1. The molecule has 0 saturated heterocycles. The molecule has 1 N–H and O–H groups in total. The van der Waals surface area contributed by atoms with Crippen LogP contribution in [-0.4, -0.2) is 14.4 Å². The van der Waals surface area contributed by atoms with E-state index in [4.69, 9.17) is 0 Å². The molecule has 0 aliphatic carbocycles. The minimum absolute atomic E-state index is 0.00897. The van der Waals surface area contributed by atoms with Crippen molar-refractivity contribution >= 4 is 21.7 Å². The second kappa shape index (κ2) is 5.81. The van der Waals surface area contributed by atoms with Crippen LogP contribution in [0.25, 0.3) is 0 Å². The normalized spacial score (nSPS) is 11.2. The van der Waals surface area contributed by atoms with E-state index in [1.807, 2.05) is 19.9 Å². The number of hydrogen-bond acceptors (Lipinski definition) is 4. The molecule has 0 saturated carbocycles. The molecule has 0 radical (unpaired) electrons. The molecule has 0 aromatic heterocycles. The van der Waals surface area contributed by atoms with Gasteiger partial charge in [0.15, 0.2) is 0 Å². The molecule has 2 aromatic rings. The molecule has 22 heavy (non-hydrogen) atoms. The van der Waals surface area contributed by atoms with Gasteiger partial charge >= 0.3 is 0 Å². The van der Waals surface area contributed by atoms with Gasteiger partial charge in [-0.05, 0) is 61.2 Å². The van der Waals surface area contributed by atoms with Crippen molar-refractivity contribution in [3.05, 3.63) is 58.7 Å². The zero-order valence-corrected chi connectivity index (χ0v) is 13.3. The molecule has 0 atom stereocenters. The first-order valence-corrected chi connectivity index (χ1v) is 8.11. The lowest BCUT2D eigenvalue weighted by atomic mass is 10.1. The zero-order chi connectivity index (χ0) is 16.5. The highest BCUT2D eigenvalue weighted by Gasteiger charge is 2.18. The highest BCUT2D eigenvalue weighted by atomic mass is 32.2. The molecule has 0 aliphatic rings. The Bertz CT molecular complexity index is 824. The molecule has 0 bridgehead atoms. The Kier molecular flexibility index (Phi) is 4.23. The third-order valence-electron chi connectivity index (χ3n) is 3.45. The van der Waals surface area contributed by atoms with E-state index in [0.717, 1.165) is 11.1 Å². The molecule has 0 heterocycles. The summed E-state index contributed by atoms with van der Waals surface area (Å²) in [5, 5.41) is 10.7. The van der Waals surface area contributed by atoms with Crippen molar-refractivity contribution in [2.45, 2.75) is 25.7 Å². The van der Waals surface area contributed by atoms with Gasteiger partial charge in [0.1, 0.15) is 0 Å². The largest absolute Gasteiger partial charge is 0.545 e. The van der Waals surface area contributed by atoms with Crippen LogP contribution in [0.1, 0.15) is 27.0 Å². The van der Waals surface area contributed by atoms with Gasteiger partial charge < -0.3 is 9.90 Å². The van der Waals surface area contributed by atoms with Crippen LogP contribution in [0.4, 0.5) is 5.69 Å². The second-order valence-corrected chi connectivity index (χ2v) is 6.82. The molecule has 2 rings (SSSR count). The lowest BCUT2D eigenvalue weighted by Crippen LogP contribution is -2.22. The Balaban J connectivity index is 2.35. The molecular formula is C16H16NO4S-. The van der Waals surface area contributed by atoms with Gasteiger partial charge in [-0.2, -0.15) is 0 Å². The molecule has 0 amide bonds. The number of nitrogens with one attached hydrogen (secondary N) is 1. The predicted octanol–water partition coefficient (Wildman–Crippen LogP) is 1.78. The number of carboxylic acids is 1. The summed E-state index contributed by atoms with van der Waals surface area (Å²) in [5.74, 6) is -1.31. The van der Waals surface area contributed by atoms with E-state index in [9.17, 15) is 18.3 Å². The molecule has 5 nitrogen and oxygen atoms in total. The van der Waals surface area contributed by atoms with Crippen LogP contribution < -0.4 is 9.83 Å². The van der Waals surface area contributed by atoms with E-state index in [2.05, 4.69) is 4.72 Å². The van der Waals surface area contributed by atoms with Crippen LogP contribution in [0, 0.1) is 20.8 Å². The fourth-order valence-corrected chi connectivity index (χ4v) is 3.48. The SMILES string of the molecule is Cc1cc(C)c(S(=O)(=O)Nc2ccc(C(=O)[O-])cc2)cc1C. The molecule has 0 spiro atoms. The first kappa shape index (κ1) is 16.0. The van der Waals surface area contributed by atoms with Crippen LogP contribution >= 0.6 is 0 Å². The zero-order valence-electron chi connectivity index (χ0n) is 12.5. The van der Waals surface area contributed by atoms with Crippen molar-refractivity contribution in [1.29, 1.82) is 0 Å². The third kappa shape index (κ3) is 3.28. The van der Waals surface area contributed by atoms with E-state index in [1.54, 1.807) is 13.0 Å². The molecule has 116 valence electrons. The Hall–Kier alpha value is -2.34. The summed E-state index contributed by atoms with van der Waals surface area (Å²) in [6, 6.07) is 8.81. The fourth-order valence-electron chi connectivity index (χ4n) is 2.11. The van der Waals surface area contributed by atoms with Crippen LogP contribution in [0.15, 0.2) is 41.3 Å². The Labute approximate surface area is 129 Å². The molecule has 2 aromatic carbocycles. The van der Waals surface area contributed by atoms with Crippen molar-refractivity contribution in [2.24, 2.45) is 0 Å². The van der Waals surface area contributed by atoms with Crippen molar-refractivity contribution in [2.75, 3.05) is 4.72 Å². The van der Waals surface area contributed by atoms with E-state index in [-0.39, 0.29) is 10.5 Å². The summed E-state index contributed by atoms with van der Waals surface area (Å²) < 4.78 is 27.4. The summed E-state index contributed by atoms with van der Waals surface area (Å²) >= 11 is 0. The van der Waals surface area contributed by atoms with Gasteiger partial charge in [0.25, 0.3) is 10.0 Å². The standard InChI is InChI=1S/C16H17NO4S/c1-10-8-12(3)15(9-11(10)2)22(20,21)17-14-6-4-13(5-7-14)16(18)19/h4-9,17H,1-3H3,(H,18,19)/p-1. The summed E-state index contributed by atoms with van der Waals surface area (Å²) in [6.45, 7) is 5.51. The molecule has 0 unspecified atom stereocenters. The van der Waals surface area contributed by atoms with Gasteiger partial charge in [-0.25, -0.2) is 8.42 Å². The number of hydrogen-bond donors (Lipinski definition) is 1. The monoisotopic (exact) mass is 318 g/mol. The van der Waals surface area contributed by atoms with Crippen molar-refractivity contribution in [3.8, 4) is 0 Å². The van der Waals surface area contributed by atoms with Gasteiger partial charge in [-0.1, -0.05) is 18.2 Å². The van der Waals surface area contributed by atoms with Crippen LogP contribution in [0.2, 0.25) is 0 Å². The molecule has 0 aliphatic heterocycles. The number of benzene rings is 2. The summed E-state index contributed by atoms with van der Waals surface area (Å²) in [4.78, 5) is 10.9. The number of anilines is 1. The van der Waals surface area contributed by atoms with Gasteiger partial charge in [0, 0.05) is 5.69 Å². The first-order valence-electron chi connectivity index (χ1n) is 6.63. The third-order valence-corrected chi connectivity index (χ3v) is 4.98. The molecule has 0 fully saturated rings. The van der Waals surface area contributed by atoms with Crippen LogP contribution in [0.3, 0.4) is 0 Å². The molecular weight excluding hydrogens is 302 g/mol. The van der Waals surface area contributed by atoms with E-state index < -0.39 is 16.0 Å². The summed E-state index contributed by atoms with van der Waals surface area (Å²) in [5.41, 5.74) is 2.85. The Morgan fingerprint density at radius 3 is 2.05 bits per heavy atom. The second-order valence-electron chi connectivity index (χ2n) is 5.17. The Morgan fingerprint density at radius 2 is 1.50 bits per heavy atom. The van der Waals surface area contributed by atoms with Crippen molar-refractivity contribution < 1.29 is 18.3 Å². The number of sulfonamides is 1. The Morgan fingerprint density at radius 1 is 0.955 bits per heavy atom. The number of rotatable bonds is 4. The smallest absolute Gasteiger partial charge is 0.262 e. The lowest BCUT2D eigenvalue weighted by Gasteiger charge is -2.13. The average Bonchev–Trinajstić information content (AvgIpc) is 2.42. The maximum atomic E-state index is 12.5. The maximum absolute atomic E-state index is 12.5. The minimum Gasteiger partial charge on any atom is -0.545 e. The summed E-state index contributed by atoms with van der Waals surface area (Å²) in [7, 11) is -3.73. The number of aromatic carboxylic acids is 1. The van der Waals surface area contributed by atoms with E-state index in [0.29, 0.717) is 11.3 Å². The topological polar surface area (TPSA) is 86.3 Å². The number of aryl methyl sites for hydroxylation is 3. The van der Waals surface area contributed by atoms with Gasteiger partial charge in [0.05, 0.1) is 10.9 Å². The van der Waals surface area contributed by atoms with E-state index in [1.165, 1.54) is 24.3 Å². The minimum atomic E-state index is -3.73. The highest BCUT2D eigenvalue weighted by molar-refractivity contribution is 7.92. The number of carboxylic acid groups (broad SMARTS) is 1. The van der Waals surface area contributed by atoms with Gasteiger partial charge in [0.2, 0.25) is 0 Å². The van der Waals surface area contributed by atoms with Gasteiger partial charge in [-0.15, -0.1) is 0 Å². The van der Waals surface area contributed by atoms with E-state index >= 15 is 0 Å².